The second-order valence-electron chi connectivity index (χ2n) is 4.56. The lowest BCUT2D eigenvalue weighted by Crippen LogP contribution is -2.35. The Morgan fingerprint density at radius 1 is 1.00 bits per heavy atom. The van der Waals surface area contributed by atoms with Crippen LogP contribution in [0.1, 0.15) is 17.5 Å². The second-order valence-corrected chi connectivity index (χ2v) is 4.56. The third kappa shape index (κ3) is 5.10. The minimum Gasteiger partial charge on any atom is -0.338 e. The second kappa shape index (κ2) is 7.94. The van der Waals surface area contributed by atoms with Crippen molar-refractivity contribution < 1.29 is 4.79 Å². The summed E-state index contributed by atoms with van der Waals surface area (Å²) in [7, 11) is 0. The van der Waals surface area contributed by atoms with Crippen LogP contribution in [0.5, 0.6) is 0 Å². The monoisotopic (exact) mass is 269 g/mol. The number of benzene rings is 1. The highest BCUT2D eigenvalue weighted by molar-refractivity contribution is 5.73. The zero-order valence-electron chi connectivity index (χ0n) is 11.4. The molecule has 0 aliphatic carbocycles. The van der Waals surface area contributed by atoms with Crippen LogP contribution in [0.15, 0.2) is 54.9 Å². The van der Waals surface area contributed by atoms with Crippen LogP contribution in [-0.4, -0.2) is 17.6 Å². The zero-order valence-corrected chi connectivity index (χ0v) is 11.4. The highest BCUT2D eigenvalue weighted by Gasteiger charge is 1.99. The van der Waals surface area contributed by atoms with Crippen molar-refractivity contribution in [3.63, 3.8) is 0 Å². The number of aromatic nitrogens is 1. The van der Waals surface area contributed by atoms with E-state index in [9.17, 15) is 4.79 Å². The van der Waals surface area contributed by atoms with Crippen molar-refractivity contribution in [3.05, 3.63) is 66.0 Å². The lowest BCUT2D eigenvalue weighted by molar-refractivity contribution is 0.240. The van der Waals surface area contributed by atoms with E-state index in [1.165, 1.54) is 5.56 Å². The van der Waals surface area contributed by atoms with Gasteiger partial charge < -0.3 is 10.6 Å². The summed E-state index contributed by atoms with van der Waals surface area (Å²) in [5, 5.41) is 5.69. The van der Waals surface area contributed by atoms with Gasteiger partial charge in [-0.1, -0.05) is 36.4 Å². The number of hydrogen-bond acceptors (Lipinski definition) is 2. The van der Waals surface area contributed by atoms with Gasteiger partial charge >= 0.3 is 6.03 Å². The van der Waals surface area contributed by atoms with Gasteiger partial charge in [0.1, 0.15) is 0 Å². The van der Waals surface area contributed by atoms with E-state index in [1.54, 1.807) is 6.20 Å². The van der Waals surface area contributed by atoms with Gasteiger partial charge in [0, 0.05) is 25.5 Å². The summed E-state index contributed by atoms with van der Waals surface area (Å²) in [6.07, 6.45) is 5.45. The van der Waals surface area contributed by atoms with Crippen LogP contribution in [-0.2, 0) is 13.0 Å². The Balaban J connectivity index is 1.59. The predicted octanol–water partition coefficient (Wildman–Crippen LogP) is 2.51. The highest BCUT2D eigenvalue weighted by Crippen LogP contribution is 1.99. The molecule has 4 heteroatoms. The molecule has 2 amide bonds. The Morgan fingerprint density at radius 3 is 2.55 bits per heavy atom. The first-order chi connectivity index (χ1) is 9.84. The molecular formula is C16H19N3O. The summed E-state index contributed by atoms with van der Waals surface area (Å²) in [5.74, 6) is 0. The normalized spacial score (nSPS) is 10.0. The van der Waals surface area contributed by atoms with Crippen LogP contribution in [0, 0.1) is 0 Å². The molecule has 1 aromatic carbocycles. The van der Waals surface area contributed by atoms with E-state index in [2.05, 4.69) is 15.6 Å². The number of urea groups is 1. The van der Waals surface area contributed by atoms with E-state index in [1.807, 2.05) is 48.7 Å². The van der Waals surface area contributed by atoms with Crippen molar-refractivity contribution in [2.75, 3.05) is 6.54 Å². The molecule has 2 aromatic rings. The van der Waals surface area contributed by atoms with E-state index in [4.69, 9.17) is 0 Å². The van der Waals surface area contributed by atoms with Crippen molar-refractivity contribution in [3.8, 4) is 0 Å². The molecule has 0 spiro atoms. The molecule has 0 saturated carbocycles. The number of pyridine rings is 1. The van der Waals surface area contributed by atoms with Gasteiger partial charge in [-0.05, 0) is 30.0 Å². The topological polar surface area (TPSA) is 54.0 Å². The molecule has 0 aliphatic rings. The molecule has 0 bridgehead atoms. The lowest BCUT2D eigenvalue weighted by Gasteiger charge is -2.07. The van der Waals surface area contributed by atoms with Gasteiger partial charge in [-0.25, -0.2) is 4.79 Å². The fraction of sp³-hybridized carbons (Fsp3) is 0.250. The lowest BCUT2D eigenvalue weighted by atomic mass is 10.1. The fourth-order valence-electron chi connectivity index (χ4n) is 1.88. The zero-order chi connectivity index (χ0) is 14.0. The van der Waals surface area contributed by atoms with Gasteiger partial charge in [-0.3, -0.25) is 4.98 Å². The summed E-state index contributed by atoms with van der Waals surface area (Å²) in [6.45, 7) is 1.21. The first-order valence-electron chi connectivity index (χ1n) is 6.79. The van der Waals surface area contributed by atoms with Crippen LogP contribution in [0.3, 0.4) is 0 Å². The fourth-order valence-corrected chi connectivity index (χ4v) is 1.88. The Morgan fingerprint density at radius 2 is 1.80 bits per heavy atom. The molecule has 0 fully saturated rings. The third-order valence-electron chi connectivity index (χ3n) is 2.95. The molecule has 4 nitrogen and oxygen atoms in total. The molecule has 0 unspecified atom stereocenters. The van der Waals surface area contributed by atoms with Gasteiger partial charge in [-0.15, -0.1) is 0 Å². The molecule has 1 heterocycles. The summed E-state index contributed by atoms with van der Waals surface area (Å²) in [5.41, 5.74) is 2.29. The number of hydrogen-bond donors (Lipinski definition) is 2. The van der Waals surface area contributed by atoms with Crippen LogP contribution < -0.4 is 10.6 Å². The first-order valence-corrected chi connectivity index (χ1v) is 6.79. The first kappa shape index (κ1) is 14.1. The SMILES string of the molecule is O=C(NCCCc1cccnc1)NCc1ccccc1. The Bertz CT molecular complexity index is 514. The van der Waals surface area contributed by atoms with Gasteiger partial charge in [0.05, 0.1) is 0 Å². The number of rotatable bonds is 6. The maximum atomic E-state index is 11.6. The molecule has 0 atom stereocenters. The summed E-state index contributed by atoms with van der Waals surface area (Å²) >= 11 is 0. The van der Waals surface area contributed by atoms with Gasteiger partial charge in [0.25, 0.3) is 0 Å². The van der Waals surface area contributed by atoms with Gasteiger partial charge in [-0.2, -0.15) is 0 Å². The number of amides is 2. The van der Waals surface area contributed by atoms with E-state index in [0.29, 0.717) is 13.1 Å². The molecule has 20 heavy (non-hydrogen) atoms. The van der Waals surface area contributed by atoms with E-state index < -0.39 is 0 Å². The van der Waals surface area contributed by atoms with E-state index in [-0.39, 0.29) is 6.03 Å². The number of nitrogens with zero attached hydrogens (tertiary/aromatic N) is 1. The van der Waals surface area contributed by atoms with Crippen LogP contribution in [0.25, 0.3) is 0 Å². The minimum absolute atomic E-state index is 0.125. The maximum absolute atomic E-state index is 11.6. The highest BCUT2D eigenvalue weighted by atomic mass is 16.2. The number of carbonyl (C=O) groups is 1. The van der Waals surface area contributed by atoms with E-state index in [0.717, 1.165) is 18.4 Å². The average molecular weight is 269 g/mol. The minimum atomic E-state index is -0.125. The molecule has 0 radical (unpaired) electrons. The number of nitrogens with one attached hydrogen (secondary N) is 2. The Labute approximate surface area is 119 Å². The van der Waals surface area contributed by atoms with Crippen molar-refractivity contribution in [2.45, 2.75) is 19.4 Å². The average Bonchev–Trinajstić information content (AvgIpc) is 2.52. The standard InChI is InChI=1S/C16H19N3O/c20-16(19-13-15-6-2-1-3-7-15)18-11-5-9-14-8-4-10-17-12-14/h1-4,6-8,10,12H,5,9,11,13H2,(H2,18,19,20). The van der Waals surface area contributed by atoms with E-state index >= 15 is 0 Å². The third-order valence-corrected chi connectivity index (χ3v) is 2.95. The largest absolute Gasteiger partial charge is 0.338 e. The Hall–Kier alpha value is -2.36. The van der Waals surface area contributed by atoms with Crippen molar-refractivity contribution in [1.82, 2.24) is 15.6 Å². The molecular weight excluding hydrogens is 250 g/mol. The smallest absolute Gasteiger partial charge is 0.315 e. The van der Waals surface area contributed by atoms with Crippen LogP contribution in [0.4, 0.5) is 4.79 Å². The molecule has 0 aliphatic heterocycles. The predicted molar refractivity (Wildman–Crippen MR) is 79.2 cm³/mol. The van der Waals surface area contributed by atoms with Crippen LogP contribution in [0.2, 0.25) is 0 Å². The molecule has 0 saturated heterocycles. The summed E-state index contributed by atoms with van der Waals surface area (Å²) < 4.78 is 0. The van der Waals surface area contributed by atoms with Crippen molar-refractivity contribution >= 4 is 6.03 Å². The quantitative estimate of drug-likeness (QED) is 0.792. The summed E-state index contributed by atoms with van der Waals surface area (Å²) in [6, 6.07) is 13.7. The van der Waals surface area contributed by atoms with Gasteiger partial charge in [0.2, 0.25) is 0 Å². The molecule has 1 aromatic heterocycles. The maximum Gasteiger partial charge on any atom is 0.315 e. The molecule has 104 valence electrons. The molecule has 2 N–H and O–H groups in total. The number of carbonyl (C=O) groups excluding carboxylic acids is 1. The Kier molecular flexibility index (Phi) is 5.58. The van der Waals surface area contributed by atoms with Gasteiger partial charge in [0.15, 0.2) is 0 Å². The van der Waals surface area contributed by atoms with Crippen LogP contribution >= 0.6 is 0 Å². The van der Waals surface area contributed by atoms with Crippen molar-refractivity contribution in [2.24, 2.45) is 0 Å². The number of aryl methyl sites for hydroxylation is 1. The van der Waals surface area contributed by atoms with Crippen molar-refractivity contribution in [1.29, 1.82) is 0 Å². The summed E-state index contributed by atoms with van der Waals surface area (Å²) in [4.78, 5) is 15.7. The molecule has 2 rings (SSSR count).